The van der Waals surface area contributed by atoms with Gasteiger partial charge in [0, 0.05) is 29.7 Å². The minimum Gasteiger partial charge on any atom is -0.378 e. The number of amides is 1. The Morgan fingerprint density at radius 2 is 1.87 bits per heavy atom. The van der Waals surface area contributed by atoms with Crippen molar-refractivity contribution in [3.05, 3.63) is 70.2 Å². The van der Waals surface area contributed by atoms with Gasteiger partial charge >= 0.3 is 0 Å². The van der Waals surface area contributed by atoms with Gasteiger partial charge < -0.3 is 15.0 Å². The summed E-state index contributed by atoms with van der Waals surface area (Å²) in [5.41, 5.74) is 6.20. The molecule has 1 aromatic heterocycles. The number of anilines is 1. The first-order chi connectivity index (χ1) is 14.5. The topological polar surface area (TPSA) is 54.5 Å². The van der Waals surface area contributed by atoms with E-state index in [0.717, 1.165) is 42.4 Å². The minimum atomic E-state index is -0.146. The number of thiazole rings is 1. The standard InChI is InChI=1S/C24H27N3O2S/c1-16-4-9-21(17(2)14-16)24-26-22(15-30-24)23(28)25-18(3)19-5-7-20(8-6-19)27-10-12-29-13-11-27/h4-9,14-15,18H,10-13H2,1-3H3,(H,25,28). The van der Waals surface area contributed by atoms with E-state index in [0.29, 0.717) is 5.69 Å². The van der Waals surface area contributed by atoms with Gasteiger partial charge in [-0.3, -0.25) is 4.79 Å². The molecule has 1 N–H and O–H groups in total. The van der Waals surface area contributed by atoms with Gasteiger partial charge in [0.15, 0.2) is 0 Å². The molecular formula is C24H27N3O2S. The number of rotatable bonds is 5. The van der Waals surface area contributed by atoms with Gasteiger partial charge in [0.25, 0.3) is 5.91 Å². The molecule has 1 atom stereocenters. The largest absolute Gasteiger partial charge is 0.378 e. The molecule has 1 fully saturated rings. The van der Waals surface area contributed by atoms with Gasteiger partial charge in [0.2, 0.25) is 0 Å². The fraction of sp³-hybridized carbons (Fsp3) is 0.333. The highest BCUT2D eigenvalue weighted by molar-refractivity contribution is 7.13. The van der Waals surface area contributed by atoms with Crippen LogP contribution in [0.5, 0.6) is 0 Å². The number of nitrogens with one attached hydrogen (secondary N) is 1. The van der Waals surface area contributed by atoms with Gasteiger partial charge in [-0.25, -0.2) is 4.98 Å². The van der Waals surface area contributed by atoms with Crippen molar-refractivity contribution in [2.45, 2.75) is 26.8 Å². The summed E-state index contributed by atoms with van der Waals surface area (Å²) in [4.78, 5) is 19.6. The van der Waals surface area contributed by atoms with Crippen LogP contribution in [0.1, 0.15) is 40.1 Å². The molecule has 2 heterocycles. The van der Waals surface area contributed by atoms with Gasteiger partial charge in [0.05, 0.1) is 19.3 Å². The summed E-state index contributed by atoms with van der Waals surface area (Å²) < 4.78 is 5.42. The van der Waals surface area contributed by atoms with Crippen molar-refractivity contribution in [1.82, 2.24) is 10.3 Å². The number of aromatic nitrogens is 1. The number of hydrogen-bond acceptors (Lipinski definition) is 5. The van der Waals surface area contributed by atoms with Crippen LogP contribution in [0, 0.1) is 13.8 Å². The van der Waals surface area contributed by atoms with Gasteiger partial charge in [-0.05, 0) is 44.0 Å². The Morgan fingerprint density at radius 3 is 2.57 bits per heavy atom. The number of carbonyl (C=O) groups is 1. The van der Waals surface area contributed by atoms with Crippen molar-refractivity contribution in [1.29, 1.82) is 0 Å². The van der Waals surface area contributed by atoms with Crippen LogP contribution >= 0.6 is 11.3 Å². The Balaban J connectivity index is 1.41. The quantitative estimate of drug-likeness (QED) is 0.646. The lowest BCUT2D eigenvalue weighted by molar-refractivity contribution is 0.0935. The number of hydrogen-bond donors (Lipinski definition) is 1. The van der Waals surface area contributed by atoms with E-state index < -0.39 is 0 Å². The van der Waals surface area contributed by atoms with Gasteiger partial charge in [-0.15, -0.1) is 11.3 Å². The molecule has 0 bridgehead atoms. The van der Waals surface area contributed by atoms with Crippen LogP contribution in [-0.4, -0.2) is 37.2 Å². The van der Waals surface area contributed by atoms with E-state index in [1.54, 1.807) is 0 Å². The molecule has 0 radical (unpaired) electrons. The third-order valence-corrected chi connectivity index (χ3v) is 6.34. The van der Waals surface area contributed by atoms with Crippen molar-refractivity contribution in [3.8, 4) is 10.6 Å². The highest BCUT2D eigenvalue weighted by Crippen LogP contribution is 2.28. The average molecular weight is 422 g/mol. The second kappa shape index (κ2) is 8.98. The average Bonchev–Trinajstić information content (AvgIpc) is 3.24. The summed E-state index contributed by atoms with van der Waals surface area (Å²) in [6.07, 6.45) is 0. The normalized spacial score (nSPS) is 15.1. The monoisotopic (exact) mass is 421 g/mol. The Morgan fingerprint density at radius 1 is 1.13 bits per heavy atom. The van der Waals surface area contributed by atoms with Crippen molar-refractivity contribution in [2.75, 3.05) is 31.2 Å². The highest BCUT2D eigenvalue weighted by atomic mass is 32.1. The lowest BCUT2D eigenvalue weighted by atomic mass is 10.1. The van der Waals surface area contributed by atoms with Crippen LogP contribution in [0.3, 0.4) is 0 Å². The summed E-state index contributed by atoms with van der Waals surface area (Å²) in [6, 6.07) is 14.6. The molecule has 1 unspecified atom stereocenters. The van der Waals surface area contributed by atoms with Crippen molar-refractivity contribution < 1.29 is 9.53 Å². The van der Waals surface area contributed by atoms with Gasteiger partial charge in [0.1, 0.15) is 10.7 Å². The second-order valence-electron chi connectivity index (χ2n) is 7.74. The number of benzene rings is 2. The molecular weight excluding hydrogens is 394 g/mol. The van der Waals surface area contributed by atoms with Gasteiger partial charge in [-0.1, -0.05) is 35.9 Å². The molecule has 30 heavy (non-hydrogen) atoms. The Labute approximate surface area is 181 Å². The SMILES string of the molecule is Cc1ccc(-c2nc(C(=O)NC(C)c3ccc(N4CCOCC4)cc3)cs2)c(C)c1. The maximum absolute atomic E-state index is 12.7. The molecule has 0 aliphatic carbocycles. The third-order valence-electron chi connectivity index (χ3n) is 5.47. The number of aryl methyl sites for hydroxylation is 2. The maximum Gasteiger partial charge on any atom is 0.271 e. The van der Waals surface area contributed by atoms with Crippen LogP contribution in [-0.2, 0) is 4.74 Å². The molecule has 1 aliphatic rings. The fourth-order valence-corrected chi connectivity index (χ4v) is 4.59. The Hall–Kier alpha value is -2.70. The Kier molecular flexibility index (Phi) is 6.16. The summed E-state index contributed by atoms with van der Waals surface area (Å²) >= 11 is 1.50. The molecule has 0 spiro atoms. The van der Waals surface area contributed by atoms with Crippen LogP contribution in [0.2, 0.25) is 0 Å². The predicted molar refractivity (Wildman–Crippen MR) is 122 cm³/mol. The highest BCUT2D eigenvalue weighted by Gasteiger charge is 2.17. The lowest BCUT2D eigenvalue weighted by Crippen LogP contribution is -2.36. The van der Waals surface area contributed by atoms with Crippen LogP contribution < -0.4 is 10.2 Å². The molecule has 5 nitrogen and oxygen atoms in total. The van der Waals surface area contributed by atoms with E-state index in [4.69, 9.17) is 4.74 Å². The van der Waals surface area contributed by atoms with E-state index in [1.165, 1.54) is 28.2 Å². The number of carbonyl (C=O) groups excluding carboxylic acids is 1. The van der Waals surface area contributed by atoms with E-state index in [9.17, 15) is 4.79 Å². The molecule has 156 valence electrons. The summed E-state index contributed by atoms with van der Waals surface area (Å²) in [7, 11) is 0. The molecule has 4 rings (SSSR count). The van der Waals surface area contributed by atoms with Crippen molar-refractivity contribution >= 4 is 22.9 Å². The first-order valence-electron chi connectivity index (χ1n) is 10.3. The van der Waals surface area contributed by atoms with Crippen LogP contribution in [0.4, 0.5) is 5.69 Å². The number of morpholine rings is 1. The molecule has 1 amide bonds. The molecule has 1 saturated heterocycles. The zero-order valence-electron chi connectivity index (χ0n) is 17.6. The summed E-state index contributed by atoms with van der Waals surface area (Å²) in [6.45, 7) is 9.52. The number of ether oxygens (including phenoxy) is 1. The first kappa shape index (κ1) is 20.6. The van der Waals surface area contributed by atoms with E-state index >= 15 is 0 Å². The molecule has 3 aromatic rings. The molecule has 1 aliphatic heterocycles. The number of nitrogens with zero attached hydrogens (tertiary/aromatic N) is 2. The first-order valence-corrected chi connectivity index (χ1v) is 11.2. The minimum absolute atomic E-state index is 0.0949. The summed E-state index contributed by atoms with van der Waals surface area (Å²) in [5, 5.41) is 5.78. The molecule has 0 saturated carbocycles. The summed E-state index contributed by atoms with van der Waals surface area (Å²) in [5.74, 6) is -0.146. The van der Waals surface area contributed by atoms with Gasteiger partial charge in [-0.2, -0.15) is 0 Å². The lowest BCUT2D eigenvalue weighted by Gasteiger charge is -2.29. The van der Waals surface area contributed by atoms with Crippen LogP contribution in [0.25, 0.3) is 10.6 Å². The van der Waals surface area contributed by atoms with Crippen molar-refractivity contribution in [2.24, 2.45) is 0 Å². The van der Waals surface area contributed by atoms with E-state index in [-0.39, 0.29) is 11.9 Å². The zero-order valence-corrected chi connectivity index (χ0v) is 18.5. The maximum atomic E-state index is 12.7. The molecule has 2 aromatic carbocycles. The van der Waals surface area contributed by atoms with Crippen LogP contribution in [0.15, 0.2) is 47.8 Å². The predicted octanol–water partition coefficient (Wildman–Crippen LogP) is 4.75. The Bertz CT molecular complexity index is 1020. The smallest absolute Gasteiger partial charge is 0.271 e. The van der Waals surface area contributed by atoms with E-state index in [2.05, 4.69) is 71.5 Å². The van der Waals surface area contributed by atoms with Crippen molar-refractivity contribution in [3.63, 3.8) is 0 Å². The molecule has 6 heteroatoms. The fourth-order valence-electron chi connectivity index (χ4n) is 3.70. The third kappa shape index (κ3) is 4.55. The zero-order chi connectivity index (χ0) is 21.1. The van der Waals surface area contributed by atoms with E-state index in [1.807, 2.05) is 12.3 Å². The second-order valence-corrected chi connectivity index (χ2v) is 8.60.